The number of alkyl carbamates (subject to hydrolysis) is 1. The van der Waals surface area contributed by atoms with Crippen molar-refractivity contribution in [2.24, 2.45) is 0 Å². The Morgan fingerprint density at radius 2 is 1.81 bits per heavy atom. The van der Waals surface area contributed by atoms with E-state index < -0.39 is 5.60 Å². The fraction of sp³-hybridized carbons (Fsp3) is 0.917. The lowest BCUT2D eigenvalue weighted by molar-refractivity contribution is 0.0414. The molecule has 1 fully saturated rings. The number of hydrogen-bond acceptors (Lipinski definition) is 3. The van der Waals surface area contributed by atoms with Crippen LogP contribution in [0.4, 0.5) is 4.79 Å². The summed E-state index contributed by atoms with van der Waals surface area (Å²) in [6.45, 7) is 9.76. The Kier molecular flexibility index (Phi) is 4.59. The standard InChI is InChI=1S/C12H24N2O2/c1-10(14-8-6-5-7-9-14)13-11(15)16-12(2,3)4/h10H,5-9H2,1-4H3,(H,13,15). The third-order valence-electron chi connectivity index (χ3n) is 2.66. The fourth-order valence-corrected chi connectivity index (χ4v) is 1.88. The number of carbonyl (C=O) groups is 1. The molecular formula is C12H24N2O2. The first-order valence-corrected chi connectivity index (χ1v) is 6.12. The zero-order valence-corrected chi connectivity index (χ0v) is 10.9. The number of likely N-dealkylation sites (tertiary alicyclic amines) is 1. The van der Waals surface area contributed by atoms with Crippen LogP contribution in [0.25, 0.3) is 0 Å². The van der Waals surface area contributed by atoms with Gasteiger partial charge in [-0.3, -0.25) is 4.90 Å². The van der Waals surface area contributed by atoms with Crippen LogP contribution >= 0.6 is 0 Å². The molecule has 0 aromatic heterocycles. The molecular weight excluding hydrogens is 204 g/mol. The lowest BCUT2D eigenvalue weighted by atomic mass is 10.1. The van der Waals surface area contributed by atoms with E-state index in [2.05, 4.69) is 10.2 Å². The molecule has 0 aliphatic carbocycles. The highest BCUT2D eigenvalue weighted by Crippen LogP contribution is 2.11. The molecule has 94 valence electrons. The maximum atomic E-state index is 11.6. The van der Waals surface area contributed by atoms with Crippen LogP contribution in [0.3, 0.4) is 0 Å². The summed E-state index contributed by atoms with van der Waals surface area (Å²) in [5.74, 6) is 0. The largest absolute Gasteiger partial charge is 0.444 e. The van der Waals surface area contributed by atoms with E-state index in [1.807, 2.05) is 27.7 Å². The van der Waals surface area contributed by atoms with Gasteiger partial charge in [0.1, 0.15) is 5.60 Å². The summed E-state index contributed by atoms with van der Waals surface area (Å²) in [4.78, 5) is 13.8. The highest BCUT2D eigenvalue weighted by atomic mass is 16.6. The monoisotopic (exact) mass is 228 g/mol. The van der Waals surface area contributed by atoms with Crippen LogP contribution in [0.15, 0.2) is 0 Å². The van der Waals surface area contributed by atoms with Crippen molar-refractivity contribution in [3.8, 4) is 0 Å². The topological polar surface area (TPSA) is 41.6 Å². The van der Waals surface area contributed by atoms with Crippen molar-refractivity contribution in [2.45, 2.75) is 58.7 Å². The number of nitrogens with zero attached hydrogens (tertiary/aromatic N) is 1. The van der Waals surface area contributed by atoms with E-state index in [1.165, 1.54) is 19.3 Å². The first-order chi connectivity index (χ1) is 7.38. The molecule has 1 aliphatic rings. The van der Waals surface area contributed by atoms with Crippen molar-refractivity contribution in [2.75, 3.05) is 13.1 Å². The molecule has 0 bridgehead atoms. The Morgan fingerprint density at radius 1 is 1.25 bits per heavy atom. The van der Waals surface area contributed by atoms with Crippen LogP contribution in [-0.4, -0.2) is 35.8 Å². The number of nitrogens with one attached hydrogen (secondary N) is 1. The molecule has 0 aromatic rings. The first kappa shape index (κ1) is 13.3. The van der Waals surface area contributed by atoms with Crippen LogP contribution in [0.1, 0.15) is 47.0 Å². The minimum atomic E-state index is -0.425. The number of rotatable bonds is 2. The zero-order chi connectivity index (χ0) is 12.2. The summed E-state index contributed by atoms with van der Waals surface area (Å²) in [5, 5.41) is 2.87. The predicted molar refractivity (Wildman–Crippen MR) is 64.3 cm³/mol. The summed E-state index contributed by atoms with van der Waals surface area (Å²) < 4.78 is 5.22. The van der Waals surface area contributed by atoms with Crippen molar-refractivity contribution in [3.05, 3.63) is 0 Å². The highest BCUT2D eigenvalue weighted by Gasteiger charge is 2.21. The fourth-order valence-electron chi connectivity index (χ4n) is 1.88. The van der Waals surface area contributed by atoms with E-state index in [1.54, 1.807) is 0 Å². The van der Waals surface area contributed by atoms with Gasteiger partial charge in [-0.25, -0.2) is 4.79 Å². The highest BCUT2D eigenvalue weighted by molar-refractivity contribution is 5.67. The summed E-state index contributed by atoms with van der Waals surface area (Å²) in [6.07, 6.45) is 3.48. The number of carbonyl (C=O) groups excluding carboxylic acids is 1. The van der Waals surface area contributed by atoms with Gasteiger partial charge in [-0.2, -0.15) is 0 Å². The lowest BCUT2D eigenvalue weighted by Gasteiger charge is -2.33. The van der Waals surface area contributed by atoms with E-state index in [-0.39, 0.29) is 12.3 Å². The van der Waals surface area contributed by atoms with Crippen LogP contribution in [0, 0.1) is 0 Å². The molecule has 1 rings (SSSR count). The molecule has 1 unspecified atom stereocenters. The van der Waals surface area contributed by atoms with Gasteiger partial charge in [0.2, 0.25) is 0 Å². The quantitative estimate of drug-likeness (QED) is 0.788. The second-order valence-electron chi connectivity index (χ2n) is 5.42. The summed E-state index contributed by atoms with van der Waals surface area (Å²) in [5.41, 5.74) is -0.425. The minimum Gasteiger partial charge on any atom is -0.444 e. The second kappa shape index (κ2) is 5.53. The molecule has 1 aliphatic heterocycles. The normalized spacial score (nSPS) is 20.2. The molecule has 1 heterocycles. The van der Waals surface area contributed by atoms with Crippen molar-refractivity contribution >= 4 is 6.09 Å². The van der Waals surface area contributed by atoms with Crippen molar-refractivity contribution in [1.29, 1.82) is 0 Å². The average Bonchev–Trinajstić information content (AvgIpc) is 2.16. The van der Waals surface area contributed by atoms with Gasteiger partial charge in [0, 0.05) is 13.1 Å². The summed E-state index contributed by atoms with van der Waals surface area (Å²) >= 11 is 0. The van der Waals surface area contributed by atoms with Gasteiger partial charge in [0.05, 0.1) is 6.17 Å². The smallest absolute Gasteiger partial charge is 0.408 e. The van der Waals surface area contributed by atoms with Gasteiger partial charge in [-0.1, -0.05) is 6.42 Å². The number of hydrogen-bond donors (Lipinski definition) is 1. The van der Waals surface area contributed by atoms with Gasteiger partial charge in [0.25, 0.3) is 0 Å². The Hall–Kier alpha value is -0.770. The van der Waals surface area contributed by atoms with Gasteiger partial charge >= 0.3 is 6.09 Å². The Balaban J connectivity index is 2.32. The zero-order valence-electron chi connectivity index (χ0n) is 10.9. The van der Waals surface area contributed by atoms with E-state index in [0.717, 1.165) is 13.1 Å². The SMILES string of the molecule is CC(NC(=O)OC(C)(C)C)N1CCCCC1. The van der Waals surface area contributed by atoms with Gasteiger partial charge in [0.15, 0.2) is 0 Å². The third kappa shape index (κ3) is 4.84. The molecule has 0 aromatic carbocycles. The molecule has 16 heavy (non-hydrogen) atoms. The average molecular weight is 228 g/mol. The molecule has 4 nitrogen and oxygen atoms in total. The number of amides is 1. The summed E-state index contributed by atoms with van der Waals surface area (Å²) in [6, 6.07) is 0. The Bertz CT molecular complexity index is 230. The van der Waals surface area contributed by atoms with E-state index in [4.69, 9.17) is 4.74 Å². The molecule has 0 saturated carbocycles. The van der Waals surface area contributed by atoms with Crippen LogP contribution in [0.5, 0.6) is 0 Å². The molecule has 0 radical (unpaired) electrons. The van der Waals surface area contributed by atoms with Crippen molar-refractivity contribution < 1.29 is 9.53 Å². The summed E-state index contributed by atoms with van der Waals surface area (Å²) in [7, 11) is 0. The van der Waals surface area contributed by atoms with E-state index in [0.29, 0.717) is 0 Å². The number of ether oxygens (including phenoxy) is 1. The molecule has 4 heteroatoms. The Morgan fingerprint density at radius 3 is 2.31 bits per heavy atom. The Labute approximate surface area is 98.3 Å². The minimum absolute atomic E-state index is 0.0650. The molecule has 1 N–H and O–H groups in total. The third-order valence-corrected chi connectivity index (χ3v) is 2.66. The van der Waals surface area contributed by atoms with Crippen LogP contribution in [0.2, 0.25) is 0 Å². The molecule has 1 amide bonds. The first-order valence-electron chi connectivity index (χ1n) is 6.12. The van der Waals surface area contributed by atoms with Crippen molar-refractivity contribution in [3.63, 3.8) is 0 Å². The number of piperidine rings is 1. The van der Waals surface area contributed by atoms with Crippen LogP contribution < -0.4 is 5.32 Å². The van der Waals surface area contributed by atoms with Crippen LogP contribution in [-0.2, 0) is 4.74 Å². The lowest BCUT2D eigenvalue weighted by Crippen LogP contribution is -2.49. The molecule has 0 spiro atoms. The molecule has 1 saturated heterocycles. The second-order valence-corrected chi connectivity index (χ2v) is 5.42. The maximum absolute atomic E-state index is 11.6. The van der Waals surface area contributed by atoms with E-state index in [9.17, 15) is 4.79 Å². The van der Waals surface area contributed by atoms with Gasteiger partial charge < -0.3 is 10.1 Å². The van der Waals surface area contributed by atoms with E-state index >= 15 is 0 Å². The van der Waals surface area contributed by atoms with Crippen molar-refractivity contribution in [1.82, 2.24) is 10.2 Å². The van der Waals surface area contributed by atoms with Gasteiger partial charge in [-0.15, -0.1) is 0 Å². The molecule has 1 atom stereocenters. The van der Waals surface area contributed by atoms with Gasteiger partial charge in [-0.05, 0) is 40.5 Å². The predicted octanol–water partition coefficient (Wildman–Crippen LogP) is 2.34. The maximum Gasteiger partial charge on any atom is 0.408 e.